The predicted octanol–water partition coefficient (Wildman–Crippen LogP) is 6.46. The summed E-state index contributed by atoms with van der Waals surface area (Å²) in [5.41, 5.74) is 2.15. The highest BCUT2D eigenvalue weighted by Gasteiger charge is 2.20. The van der Waals surface area contributed by atoms with Crippen molar-refractivity contribution in [1.82, 2.24) is 4.98 Å². The normalized spacial score (nSPS) is 11.6. The molecule has 2 aromatic carbocycles. The van der Waals surface area contributed by atoms with Crippen molar-refractivity contribution in [2.45, 2.75) is 32.8 Å². The Balaban J connectivity index is 1.84. The molecule has 0 spiro atoms. The molecule has 0 atom stereocenters. The van der Waals surface area contributed by atoms with Crippen molar-refractivity contribution in [3.63, 3.8) is 0 Å². The van der Waals surface area contributed by atoms with E-state index in [0.29, 0.717) is 26.9 Å². The van der Waals surface area contributed by atoms with Crippen LogP contribution in [0.15, 0.2) is 57.9 Å². The van der Waals surface area contributed by atoms with Gasteiger partial charge in [-0.1, -0.05) is 56.6 Å². The number of ether oxygens (including phenoxy) is 2. The summed E-state index contributed by atoms with van der Waals surface area (Å²) < 4.78 is 17.8. The molecule has 0 unspecified atom stereocenters. The SMILES string of the molecule is COc1ccc2c(=O)c(OCc3cnc(Cl)s3)c(-c3ccc(C(C)(C)C)cc3)oc2c1. The van der Waals surface area contributed by atoms with E-state index in [4.69, 9.17) is 25.5 Å². The van der Waals surface area contributed by atoms with Gasteiger partial charge in [-0.05, 0) is 23.1 Å². The monoisotopic (exact) mass is 455 g/mol. The molecule has 0 aliphatic rings. The summed E-state index contributed by atoms with van der Waals surface area (Å²) in [6.07, 6.45) is 1.64. The maximum absolute atomic E-state index is 13.3. The van der Waals surface area contributed by atoms with Crippen LogP contribution in [0.5, 0.6) is 11.5 Å². The zero-order valence-electron chi connectivity index (χ0n) is 17.7. The fourth-order valence-corrected chi connectivity index (χ4v) is 4.11. The van der Waals surface area contributed by atoms with Gasteiger partial charge in [-0.15, -0.1) is 11.3 Å². The average Bonchev–Trinajstić information content (AvgIpc) is 3.17. The van der Waals surface area contributed by atoms with Gasteiger partial charge in [-0.3, -0.25) is 4.79 Å². The first-order chi connectivity index (χ1) is 14.8. The van der Waals surface area contributed by atoms with E-state index in [1.165, 1.54) is 16.9 Å². The zero-order valence-corrected chi connectivity index (χ0v) is 19.3. The van der Waals surface area contributed by atoms with E-state index >= 15 is 0 Å². The Morgan fingerprint density at radius 2 is 1.87 bits per heavy atom. The summed E-state index contributed by atoms with van der Waals surface area (Å²) in [5, 5.41) is 0.424. The van der Waals surface area contributed by atoms with Crippen LogP contribution in [0, 0.1) is 0 Å². The highest BCUT2D eigenvalue weighted by Crippen LogP contribution is 2.34. The number of benzene rings is 2. The molecule has 0 saturated carbocycles. The number of halogens is 1. The Bertz CT molecular complexity index is 1290. The molecule has 0 saturated heterocycles. The second-order valence-corrected chi connectivity index (χ2v) is 9.84. The lowest BCUT2D eigenvalue weighted by molar-refractivity contribution is 0.301. The number of rotatable bonds is 5. The molecule has 0 amide bonds. The minimum absolute atomic E-state index is 0.0148. The van der Waals surface area contributed by atoms with E-state index in [1.807, 2.05) is 24.3 Å². The van der Waals surface area contributed by atoms with Crippen LogP contribution in [-0.2, 0) is 12.0 Å². The van der Waals surface area contributed by atoms with Crippen molar-refractivity contribution in [3.8, 4) is 22.8 Å². The molecule has 4 rings (SSSR count). The molecule has 0 aliphatic heterocycles. The smallest absolute Gasteiger partial charge is 0.235 e. The second-order valence-electron chi connectivity index (χ2n) is 8.15. The first kappa shape index (κ1) is 21.4. The average molecular weight is 456 g/mol. The van der Waals surface area contributed by atoms with Gasteiger partial charge in [0.2, 0.25) is 11.2 Å². The minimum atomic E-state index is -0.241. The van der Waals surface area contributed by atoms with Crippen LogP contribution in [0.3, 0.4) is 0 Å². The van der Waals surface area contributed by atoms with Crippen LogP contribution in [-0.4, -0.2) is 12.1 Å². The molecule has 0 radical (unpaired) electrons. The number of aromatic nitrogens is 1. The Kier molecular flexibility index (Phi) is 5.77. The Morgan fingerprint density at radius 3 is 2.48 bits per heavy atom. The van der Waals surface area contributed by atoms with E-state index in [9.17, 15) is 4.79 Å². The standard InChI is InChI=1S/C24H22ClNO4S/c1-24(2,3)15-7-5-14(6-8-15)21-22(29-13-17-12-26-23(25)31-17)20(27)18-10-9-16(28-4)11-19(18)30-21/h5-12H,13H2,1-4H3. The Morgan fingerprint density at radius 1 is 1.13 bits per heavy atom. The van der Waals surface area contributed by atoms with Gasteiger partial charge < -0.3 is 13.9 Å². The molecule has 4 aromatic rings. The summed E-state index contributed by atoms with van der Waals surface area (Å²) in [7, 11) is 1.57. The van der Waals surface area contributed by atoms with Crippen LogP contribution in [0.4, 0.5) is 0 Å². The molecule has 160 valence electrons. The van der Waals surface area contributed by atoms with E-state index in [0.717, 1.165) is 10.4 Å². The molecule has 5 nitrogen and oxygen atoms in total. The van der Waals surface area contributed by atoms with Gasteiger partial charge in [0.05, 0.1) is 17.4 Å². The van der Waals surface area contributed by atoms with E-state index in [-0.39, 0.29) is 23.2 Å². The van der Waals surface area contributed by atoms with Crippen LogP contribution in [0.2, 0.25) is 4.47 Å². The van der Waals surface area contributed by atoms with Gasteiger partial charge in [0.1, 0.15) is 17.9 Å². The first-order valence-corrected chi connectivity index (χ1v) is 10.9. The van der Waals surface area contributed by atoms with Gasteiger partial charge in [0.15, 0.2) is 10.2 Å². The minimum Gasteiger partial charge on any atom is -0.497 e. The van der Waals surface area contributed by atoms with Crippen molar-refractivity contribution in [2.75, 3.05) is 7.11 Å². The topological polar surface area (TPSA) is 61.6 Å². The molecule has 31 heavy (non-hydrogen) atoms. The quantitative estimate of drug-likeness (QED) is 0.346. The van der Waals surface area contributed by atoms with Crippen molar-refractivity contribution in [3.05, 3.63) is 73.8 Å². The number of hydrogen-bond donors (Lipinski definition) is 0. The molecule has 7 heteroatoms. The molecule has 0 fully saturated rings. The third-order valence-corrected chi connectivity index (χ3v) is 6.04. The summed E-state index contributed by atoms with van der Waals surface area (Å²) in [6.45, 7) is 6.63. The van der Waals surface area contributed by atoms with E-state index < -0.39 is 0 Å². The van der Waals surface area contributed by atoms with Gasteiger partial charge in [-0.25, -0.2) is 4.98 Å². The molecular weight excluding hydrogens is 434 g/mol. The first-order valence-electron chi connectivity index (χ1n) is 9.75. The number of thiazole rings is 1. The lowest BCUT2D eigenvalue weighted by atomic mass is 9.86. The lowest BCUT2D eigenvalue weighted by Crippen LogP contribution is -2.11. The van der Waals surface area contributed by atoms with Gasteiger partial charge >= 0.3 is 0 Å². The third-order valence-electron chi connectivity index (χ3n) is 4.96. The Hall–Kier alpha value is -2.83. The molecule has 0 bridgehead atoms. The predicted molar refractivity (Wildman–Crippen MR) is 125 cm³/mol. The number of nitrogens with zero attached hydrogens (tertiary/aromatic N) is 1. The largest absolute Gasteiger partial charge is 0.497 e. The number of hydrogen-bond acceptors (Lipinski definition) is 6. The van der Waals surface area contributed by atoms with Crippen LogP contribution in [0.25, 0.3) is 22.3 Å². The van der Waals surface area contributed by atoms with Gasteiger partial charge in [-0.2, -0.15) is 0 Å². The number of methoxy groups -OCH3 is 1. The van der Waals surface area contributed by atoms with Gasteiger partial charge in [0.25, 0.3) is 0 Å². The van der Waals surface area contributed by atoms with Crippen LogP contribution < -0.4 is 14.9 Å². The molecular formula is C24H22ClNO4S. The zero-order chi connectivity index (χ0) is 22.2. The van der Waals surface area contributed by atoms with Crippen molar-refractivity contribution >= 4 is 33.9 Å². The third kappa shape index (κ3) is 4.45. The Labute approximate surface area is 189 Å². The van der Waals surface area contributed by atoms with Gasteiger partial charge in [0, 0.05) is 17.8 Å². The van der Waals surface area contributed by atoms with E-state index in [1.54, 1.807) is 31.5 Å². The number of fused-ring (bicyclic) bond motifs is 1. The van der Waals surface area contributed by atoms with E-state index in [2.05, 4.69) is 25.8 Å². The van der Waals surface area contributed by atoms with Crippen molar-refractivity contribution < 1.29 is 13.9 Å². The molecule has 2 aromatic heterocycles. The fraction of sp³-hybridized carbons (Fsp3) is 0.250. The van der Waals surface area contributed by atoms with Crippen molar-refractivity contribution in [1.29, 1.82) is 0 Å². The molecule has 0 aliphatic carbocycles. The summed E-state index contributed by atoms with van der Waals surface area (Å²) >= 11 is 7.23. The second kappa shape index (κ2) is 8.36. The molecule has 2 heterocycles. The molecule has 0 N–H and O–H groups in total. The maximum Gasteiger partial charge on any atom is 0.235 e. The summed E-state index contributed by atoms with van der Waals surface area (Å²) in [6, 6.07) is 13.1. The summed E-state index contributed by atoms with van der Waals surface area (Å²) in [4.78, 5) is 18.1. The van der Waals surface area contributed by atoms with Crippen molar-refractivity contribution in [2.24, 2.45) is 0 Å². The lowest BCUT2D eigenvalue weighted by Gasteiger charge is -2.19. The highest BCUT2D eigenvalue weighted by molar-refractivity contribution is 7.15. The highest BCUT2D eigenvalue weighted by atomic mass is 35.5. The maximum atomic E-state index is 13.3. The fourth-order valence-electron chi connectivity index (χ4n) is 3.22. The summed E-state index contributed by atoms with van der Waals surface area (Å²) in [5.74, 6) is 1.14. The van der Waals surface area contributed by atoms with Crippen LogP contribution >= 0.6 is 22.9 Å². The van der Waals surface area contributed by atoms with Crippen LogP contribution in [0.1, 0.15) is 31.2 Å².